The SMILES string of the molecule is CC(C)S(=O)(=O)NCCCCC(=O)Nc1ccc(N(CCO)CCO)cc1. The number of unbranched alkanes of at least 4 members (excludes halogenated alkanes) is 1. The van der Waals surface area contributed by atoms with Crippen LogP contribution in [0.4, 0.5) is 11.4 Å². The predicted octanol–water partition coefficient (Wildman–Crippen LogP) is 0.914. The van der Waals surface area contributed by atoms with Crippen molar-refractivity contribution in [2.24, 2.45) is 0 Å². The molecular weight excluding hydrogens is 370 g/mol. The topological polar surface area (TPSA) is 119 Å². The Hall–Kier alpha value is -1.68. The molecule has 0 radical (unpaired) electrons. The van der Waals surface area contributed by atoms with Gasteiger partial charge in [0.1, 0.15) is 0 Å². The van der Waals surface area contributed by atoms with E-state index in [1.807, 2.05) is 17.0 Å². The normalized spacial score (nSPS) is 11.6. The molecule has 1 aromatic carbocycles. The summed E-state index contributed by atoms with van der Waals surface area (Å²) in [4.78, 5) is 13.8. The Bertz CT molecular complexity index is 656. The van der Waals surface area contributed by atoms with Crippen molar-refractivity contribution >= 4 is 27.3 Å². The molecule has 1 amide bonds. The van der Waals surface area contributed by atoms with E-state index in [4.69, 9.17) is 10.2 Å². The van der Waals surface area contributed by atoms with Gasteiger partial charge in [-0.25, -0.2) is 13.1 Å². The van der Waals surface area contributed by atoms with E-state index in [1.54, 1.807) is 26.0 Å². The molecule has 0 spiro atoms. The molecule has 0 unspecified atom stereocenters. The zero-order valence-electron chi connectivity index (χ0n) is 16.0. The van der Waals surface area contributed by atoms with Crippen LogP contribution in [0.1, 0.15) is 33.1 Å². The first kappa shape index (κ1) is 23.4. The second-order valence-corrected chi connectivity index (χ2v) is 8.80. The summed E-state index contributed by atoms with van der Waals surface area (Å²) < 4.78 is 25.7. The highest BCUT2D eigenvalue weighted by molar-refractivity contribution is 7.90. The van der Waals surface area contributed by atoms with Gasteiger partial charge in [-0.1, -0.05) is 0 Å². The van der Waals surface area contributed by atoms with Crippen LogP contribution >= 0.6 is 0 Å². The molecule has 0 aliphatic heterocycles. The summed E-state index contributed by atoms with van der Waals surface area (Å²) in [5, 5.41) is 20.5. The Morgan fingerprint density at radius 2 is 1.67 bits per heavy atom. The van der Waals surface area contributed by atoms with Crippen molar-refractivity contribution in [1.29, 1.82) is 0 Å². The lowest BCUT2D eigenvalue weighted by Crippen LogP contribution is -2.31. The van der Waals surface area contributed by atoms with Crippen molar-refractivity contribution in [2.45, 2.75) is 38.4 Å². The lowest BCUT2D eigenvalue weighted by atomic mass is 10.2. The number of aliphatic hydroxyl groups is 2. The molecule has 0 saturated heterocycles. The molecule has 27 heavy (non-hydrogen) atoms. The zero-order chi connectivity index (χ0) is 20.3. The largest absolute Gasteiger partial charge is 0.395 e. The maximum atomic E-state index is 12.0. The molecule has 0 aliphatic rings. The van der Waals surface area contributed by atoms with Gasteiger partial charge in [-0.05, 0) is 51.0 Å². The number of anilines is 2. The van der Waals surface area contributed by atoms with Crippen LogP contribution in [-0.2, 0) is 14.8 Å². The van der Waals surface area contributed by atoms with Crippen molar-refractivity contribution in [3.63, 3.8) is 0 Å². The number of carbonyl (C=O) groups excluding carboxylic acids is 1. The Kier molecular flexibility index (Phi) is 10.3. The maximum absolute atomic E-state index is 12.0. The molecule has 154 valence electrons. The third-order valence-corrected chi connectivity index (χ3v) is 5.86. The summed E-state index contributed by atoms with van der Waals surface area (Å²) in [6.07, 6.45) is 1.49. The number of rotatable bonds is 13. The number of hydrogen-bond acceptors (Lipinski definition) is 6. The average molecular weight is 402 g/mol. The van der Waals surface area contributed by atoms with Gasteiger partial charge in [0.25, 0.3) is 0 Å². The number of sulfonamides is 1. The Balaban J connectivity index is 2.38. The van der Waals surface area contributed by atoms with E-state index in [1.165, 1.54) is 0 Å². The molecule has 0 fully saturated rings. The first-order valence-electron chi connectivity index (χ1n) is 9.15. The maximum Gasteiger partial charge on any atom is 0.224 e. The molecule has 9 heteroatoms. The van der Waals surface area contributed by atoms with Crippen molar-refractivity contribution in [3.8, 4) is 0 Å². The van der Waals surface area contributed by atoms with Crippen LogP contribution in [-0.4, -0.2) is 62.6 Å². The van der Waals surface area contributed by atoms with Gasteiger partial charge in [0, 0.05) is 37.4 Å². The fourth-order valence-electron chi connectivity index (χ4n) is 2.38. The molecule has 1 rings (SSSR count). The smallest absolute Gasteiger partial charge is 0.224 e. The predicted molar refractivity (Wildman–Crippen MR) is 107 cm³/mol. The fraction of sp³-hybridized carbons (Fsp3) is 0.611. The van der Waals surface area contributed by atoms with Crippen LogP contribution < -0.4 is 14.9 Å². The van der Waals surface area contributed by atoms with Crippen molar-refractivity contribution in [1.82, 2.24) is 4.72 Å². The lowest BCUT2D eigenvalue weighted by Gasteiger charge is -2.23. The van der Waals surface area contributed by atoms with Gasteiger partial charge in [-0.3, -0.25) is 4.79 Å². The monoisotopic (exact) mass is 401 g/mol. The van der Waals surface area contributed by atoms with E-state index >= 15 is 0 Å². The van der Waals surface area contributed by atoms with Gasteiger partial charge in [-0.15, -0.1) is 0 Å². The van der Waals surface area contributed by atoms with Gasteiger partial charge in [-0.2, -0.15) is 0 Å². The molecule has 4 N–H and O–H groups in total. The van der Waals surface area contributed by atoms with Crippen molar-refractivity contribution in [3.05, 3.63) is 24.3 Å². The van der Waals surface area contributed by atoms with Crippen LogP contribution in [0, 0.1) is 0 Å². The Morgan fingerprint density at radius 1 is 1.07 bits per heavy atom. The fourth-order valence-corrected chi connectivity index (χ4v) is 3.14. The van der Waals surface area contributed by atoms with E-state index in [9.17, 15) is 13.2 Å². The van der Waals surface area contributed by atoms with E-state index in [-0.39, 0.29) is 19.1 Å². The molecule has 0 bridgehead atoms. The lowest BCUT2D eigenvalue weighted by molar-refractivity contribution is -0.116. The molecule has 8 nitrogen and oxygen atoms in total. The quantitative estimate of drug-likeness (QED) is 0.365. The second kappa shape index (κ2) is 11.9. The Morgan fingerprint density at radius 3 is 2.19 bits per heavy atom. The summed E-state index contributed by atoms with van der Waals surface area (Å²) >= 11 is 0. The molecule has 0 aliphatic carbocycles. The van der Waals surface area contributed by atoms with Crippen LogP contribution in [0.25, 0.3) is 0 Å². The highest BCUT2D eigenvalue weighted by Gasteiger charge is 2.14. The molecule has 0 heterocycles. The molecular formula is C18H31N3O5S. The van der Waals surface area contributed by atoms with Crippen LogP contribution in [0.5, 0.6) is 0 Å². The van der Waals surface area contributed by atoms with Gasteiger partial charge < -0.3 is 20.4 Å². The minimum Gasteiger partial charge on any atom is -0.395 e. The van der Waals surface area contributed by atoms with E-state index < -0.39 is 15.3 Å². The van der Waals surface area contributed by atoms with Crippen molar-refractivity contribution in [2.75, 3.05) is 43.1 Å². The van der Waals surface area contributed by atoms with Crippen molar-refractivity contribution < 1.29 is 23.4 Å². The molecule has 0 atom stereocenters. The van der Waals surface area contributed by atoms with Gasteiger partial charge >= 0.3 is 0 Å². The number of nitrogens with zero attached hydrogens (tertiary/aromatic N) is 1. The van der Waals surface area contributed by atoms with Gasteiger partial charge in [0.05, 0.1) is 18.5 Å². The molecule has 0 aromatic heterocycles. The minimum absolute atomic E-state index is 0.00812. The van der Waals surface area contributed by atoms with E-state index in [0.29, 0.717) is 44.6 Å². The zero-order valence-corrected chi connectivity index (χ0v) is 16.8. The number of carbonyl (C=O) groups is 1. The number of hydrogen-bond donors (Lipinski definition) is 4. The standard InChI is InChI=1S/C18H31N3O5S/c1-15(2)27(25,26)19-10-4-3-5-18(24)20-16-6-8-17(9-7-16)21(11-13-22)12-14-23/h6-9,15,19,22-23H,3-5,10-14H2,1-2H3,(H,20,24). The first-order chi connectivity index (χ1) is 12.8. The average Bonchev–Trinajstić information content (AvgIpc) is 2.61. The van der Waals surface area contributed by atoms with E-state index in [0.717, 1.165) is 5.69 Å². The summed E-state index contributed by atoms with van der Waals surface area (Å²) in [6, 6.07) is 7.18. The minimum atomic E-state index is -3.25. The summed E-state index contributed by atoms with van der Waals surface area (Å²) in [7, 11) is -3.25. The third kappa shape index (κ3) is 8.70. The Labute approximate surface area is 161 Å². The summed E-state index contributed by atoms with van der Waals surface area (Å²) in [5.41, 5.74) is 1.52. The first-order valence-corrected chi connectivity index (χ1v) is 10.7. The van der Waals surface area contributed by atoms with Crippen LogP contribution in [0.15, 0.2) is 24.3 Å². The van der Waals surface area contributed by atoms with Gasteiger partial charge in [0.15, 0.2) is 0 Å². The van der Waals surface area contributed by atoms with E-state index in [2.05, 4.69) is 10.0 Å². The third-order valence-electron chi connectivity index (χ3n) is 4.01. The number of amides is 1. The summed E-state index contributed by atoms with van der Waals surface area (Å²) in [6.45, 7) is 4.40. The van der Waals surface area contributed by atoms with Crippen LogP contribution in [0.3, 0.4) is 0 Å². The number of benzene rings is 1. The highest BCUT2D eigenvalue weighted by Crippen LogP contribution is 2.18. The summed E-state index contributed by atoms with van der Waals surface area (Å²) in [5.74, 6) is -0.128. The molecule has 0 saturated carbocycles. The van der Waals surface area contributed by atoms with Gasteiger partial charge in [0.2, 0.25) is 15.9 Å². The highest BCUT2D eigenvalue weighted by atomic mass is 32.2. The molecule has 1 aromatic rings. The number of aliphatic hydroxyl groups excluding tert-OH is 2. The second-order valence-electron chi connectivity index (χ2n) is 6.47. The number of nitrogens with one attached hydrogen (secondary N) is 2. The van der Waals surface area contributed by atoms with Crippen LogP contribution in [0.2, 0.25) is 0 Å².